The lowest BCUT2D eigenvalue weighted by atomic mass is 9.83. The number of nitrogens with one attached hydrogen (secondary N) is 1. The van der Waals surface area contributed by atoms with E-state index < -0.39 is 0 Å². The molecular formula is C14H21NO2. The van der Waals surface area contributed by atoms with Crippen LogP contribution in [0.5, 0.6) is 11.5 Å². The topological polar surface area (TPSA) is 52.5 Å². The van der Waals surface area contributed by atoms with Gasteiger partial charge in [-0.05, 0) is 44.0 Å². The smallest absolute Gasteiger partial charge is 0.120 e. The zero-order valence-electron chi connectivity index (χ0n) is 10.3. The van der Waals surface area contributed by atoms with Crippen molar-refractivity contribution >= 4 is 0 Å². The fourth-order valence-electron chi connectivity index (χ4n) is 2.28. The van der Waals surface area contributed by atoms with Crippen molar-refractivity contribution in [3.63, 3.8) is 0 Å². The van der Waals surface area contributed by atoms with Crippen molar-refractivity contribution in [1.82, 2.24) is 5.32 Å². The van der Waals surface area contributed by atoms with Crippen LogP contribution < -0.4 is 5.32 Å². The molecule has 0 aromatic heterocycles. The first-order valence-electron chi connectivity index (χ1n) is 6.42. The summed E-state index contributed by atoms with van der Waals surface area (Å²) in [5, 5.41) is 22.5. The summed E-state index contributed by atoms with van der Waals surface area (Å²) in [5.41, 5.74) is 0.763. The third kappa shape index (κ3) is 3.13. The maximum absolute atomic E-state index is 9.72. The molecular weight excluding hydrogens is 214 g/mol. The van der Waals surface area contributed by atoms with Gasteiger partial charge in [-0.2, -0.15) is 0 Å². The van der Waals surface area contributed by atoms with Gasteiger partial charge in [-0.3, -0.25) is 0 Å². The molecule has 1 fully saturated rings. The second-order valence-electron chi connectivity index (χ2n) is 5.00. The number of aromatic hydroxyl groups is 2. The summed E-state index contributed by atoms with van der Waals surface area (Å²) < 4.78 is 0. The highest BCUT2D eigenvalue weighted by molar-refractivity contribution is 5.40. The molecule has 1 saturated carbocycles. The van der Waals surface area contributed by atoms with Crippen molar-refractivity contribution in [3.8, 4) is 11.5 Å². The third-order valence-corrected chi connectivity index (χ3v) is 3.71. The van der Waals surface area contributed by atoms with Crippen LogP contribution in [0, 0.1) is 5.92 Å². The maximum atomic E-state index is 9.72. The van der Waals surface area contributed by atoms with E-state index in [1.54, 1.807) is 6.07 Å². The third-order valence-electron chi connectivity index (χ3n) is 3.71. The van der Waals surface area contributed by atoms with Crippen LogP contribution in [0.15, 0.2) is 18.2 Å². The Labute approximate surface area is 102 Å². The van der Waals surface area contributed by atoms with Gasteiger partial charge in [-0.1, -0.05) is 19.3 Å². The molecule has 0 heterocycles. The second-order valence-corrected chi connectivity index (χ2v) is 5.00. The van der Waals surface area contributed by atoms with Crippen LogP contribution in [0.2, 0.25) is 0 Å². The van der Waals surface area contributed by atoms with Crippen LogP contribution in [0.1, 0.15) is 44.2 Å². The highest BCUT2D eigenvalue weighted by Crippen LogP contribution is 2.30. The van der Waals surface area contributed by atoms with Crippen LogP contribution in [0.3, 0.4) is 0 Å². The SMILES string of the molecule is CC(NCCC1CCC1)c1cc(O)ccc1O. The summed E-state index contributed by atoms with van der Waals surface area (Å²) >= 11 is 0. The Kier molecular flexibility index (Phi) is 3.89. The molecule has 2 rings (SSSR count). The molecule has 1 aliphatic rings. The van der Waals surface area contributed by atoms with Crippen molar-refractivity contribution < 1.29 is 10.2 Å². The van der Waals surface area contributed by atoms with Gasteiger partial charge in [0.25, 0.3) is 0 Å². The van der Waals surface area contributed by atoms with Gasteiger partial charge in [-0.25, -0.2) is 0 Å². The van der Waals surface area contributed by atoms with Crippen molar-refractivity contribution in [3.05, 3.63) is 23.8 Å². The lowest BCUT2D eigenvalue weighted by Gasteiger charge is -2.26. The van der Waals surface area contributed by atoms with E-state index in [1.165, 1.54) is 37.8 Å². The highest BCUT2D eigenvalue weighted by atomic mass is 16.3. The standard InChI is InChI=1S/C14H21NO2/c1-10(15-8-7-11-3-2-4-11)13-9-12(16)5-6-14(13)17/h5-6,9-11,15-17H,2-4,7-8H2,1H3. The minimum Gasteiger partial charge on any atom is -0.508 e. The molecule has 1 atom stereocenters. The molecule has 0 saturated heterocycles. The quantitative estimate of drug-likeness (QED) is 0.688. The van der Waals surface area contributed by atoms with Gasteiger partial charge in [0.05, 0.1) is 0 Å². The summed E-state index contributed by atoms with van der Waals surface area (Å²) in [6.07, 6.45) is 5.33. The summed E-state index contributed by atoms with van der Waals surface area (Å²) in [7, 11) is 0. The Hall–Kier alpha value is -1.22. The molecule has 3 heteroatoms. The van der Waals surface area contributed by atoms with Crippen molar-refractivity contribution in [2.24, 2.45) is 5.92 Å². The van der Waals surface area contributed by atoms with Gasteiger partial charge in [0.15, 0.2) is 0 Å². The molecule has 1 unspecified atom stereocenters. The van der Waals surface area contributed by atoms with Gasteiger partial charge >= 0.3 is 0 Å². The summed E-state index contributed by atoms with van der Waals surface area (Å²) in [6.45, 7) is 2.98. The summed E-state index contributed by atoms with van der Waals surface area (Å²) in [5.74, 6) is 1.34. The number of hydrogen-bond donors (Lipinski definition) is 3. The van der Waals surface area contributed by atoms with E-state index in [0.717, 1.165) is 18.0 Å². The number of rotatable bonds is 5. The molecule has 3 N–H and O–H groups in total. The molecule has 1 aromatic rings. The van der Waals surface area contributed by atoms with Crippen molar-refractivity contribution in [1.29, 1.82) is 0 Å². The molecule has 0 aliphatic heterocycles. The monoisotopic (exact) mass is 235 g/mol. The Morgan fingerprint density at radius 2 is 2.12 bits per heavy atom. The maximum Gasteiger partial charge on any atom is 0.120 e. The van der Waals surface area contributed by atoms with E-state index in [1.807, 2.05) is 6.92 Å². The first-order chi connectivity index (χ1) is 8.16. The van der Waals surface area contributed by atoms with Gasteiger partial charge < -0.3 is 15.5 Å². The molecule has 1 aromatic carbocycles. The zero-order chi connectivity index (χ0) is 12.3. The summed E-state index contributed by atoms with van der Waals surface area (Å²) in [4.78, 5) is 0. The van der Waals surface area contributed by atoms with E-state index in [4.69, 9.17) is 0 Å². The molecule has 94 valence electrons. The Bertz CT molecular complexity index is 374. The van der Waals surface area contributed by atoms with Crippen LogP contribution in [-0.2, 0) is 0 Å². The molecule has 0 amide bonds. The van der Waals surface area contributed by atoms with Crippen LogP contribution >= 0.6 is 0 Å². The van der Waals surface area contributed by atoms with Gasteiger partial charge in [0, 0.05) is 11.6 Å². The Balaban J connectivity index is 1.85. The fourth-order valence-corrected chi connectivity index (χ4v) is 2.28. The molecule has 17 heavy (non-hydrogen) atoms. The Morgan fingerprint density at radius 1 is 1.35 bits per heavy atom. The van der Waals surface area contributed by atoms with E-state index >= 15 is 0 Å². The molecule has 0 spiro atoms. The summed E-state index contributed by atoms with van der Waals surface area (Å²) in [6, 6.07) is 4.73. The minimum absolute atomic E-state index is 0.0715. The average molecular weight is 235 g/mol. The van der Waals surface area contributed by atoms with Crippen LogP contribution in [0.4, 0.5) is 0 Å². The number of phenols is 2. The average Bonchev–Trinajstić information content (AvgIpc) is 2.25. The van der Waals surface area contributed by atoms with Crippen molar-refractivity contribution in [2.75, 3.05) is 6.54 Å². The van der Waals surface area contributed by atoms with Gasteiger partial charge in [-0.15, -0.1) is 0 Å². The first kappa shape index (κ1) is 12.2. The lowest BCUT2D eigenvalue weighted by Crippen LogP contribution is -2.24. The minimum atomic E-state index is 0.0715. The molecule has 3 nitrogen and oxygen atoms in total. The number of benzene rings is 1. The lowest BCUT2D eigenvalue weighted by molar-refractivity contribution is 0.288. The van der Waals surface area contributed by atoms with E-state index in [9.17, 15) is 10.2 Å². The highest BCUT2D eigenvalue weighted by Gasteiger charge is 2.17. The van der Waals surface area contributed by atoms with Gasteiger partial charge in [0.2, 0.25) is 0 Å². The van der Waals surface area contributed by atoms with E-state index in [2.05, 4.69) is 5.32 Å². The number of phenolic OH excluding ortho intramolecular Hbond substituents is 2. The predicted molar refractivity (Wildman–Crippen MR) is 68.1 cm³/mol. The van der Waals surface area contributed by atoms with E-state index in [0.29, 0.717) is 0 Å². The normalized spacial score (nSPS) is 17.7. The predicted octanol–water partition coefficient (Wildman–Crippen LogP) is 2.94. The largest absolute Gasteiger partial charge is 0.508 e. The first-order valence-corrected chi connectivity index (χ1v) is 6.42. The molecule has 1 aliphatic carbocycles. The zero-order valence-corrected chi connectivity index (χ0v) is 10.3. The molecule has 0 radical (unpaired) electrons. The van der Waals surface area contributed by atoms with Crippen LogP contribution in [0.25, 0.3) is 0 Å². The molecule has 0 bridgehead atoms. The van der Waals surface area contributed by atoms with Crippen LogP contribution in [-0.4, -0.2) is 16.8 Å². The van der Waals surface area contributed by atoms with Crippen molar-refractivity contribution in [2.45, 2.75) is 38.6 Å². The Morgan fingerprint density at radius 3 is 2.76 bits per heavy atom. The fraction of sp³-hybridized carbons (Fsp3) is 0.571. The number of hydrogen-bond acceptors (Lipinski definition) is 3. The van der Waals surface area contributed by atoms with Gasteiger partial charge in [0.1, 0.15) is 11.5 Å². The second kappa shape index (κ2) is 5.41. The van der Waals surface area contributed by atoms with E-state index in [-0.39, 0.29) is 17.5 Å².